The van der Waals surface area contributed by atoms with Gasteiger partial charge in [-0.3, -0.25) is 4.90 Å². The summed E-state index contributed by atoms with van der Waals surface area (Å²) in [6.07, 6.45) is 4.04. The lowest BCUT2D eigenvalue weighted by Crippen LogP contribution is -2.42. The fourth-order valence-corrected chi connectivity index (χ4v) is 3.27. The number of hydrogen-bond acceptors (Lipinski definition) is 4. The predicted octanol–water partition coefficient (Wildman–Crippen LogP) is 2.90. The Labute approximate surface area is 159 Å². The molecule has 3 rings (SSSR count). The molecule has 0 spiro atoms. The normalized spacial score (nSPS) is 17.9. The monoisotopic (exact) mass is 371 g/mol. The highest BCUT2D eigenvalue weighted by molar-refractivity contribution is 5.77. The van der Waals surface area contributed by atoms with Gasteiger partial charge >= 0.3 is 0 Å². The summed E-state index contributed by atoms with van der Waals surface area (Å²) in [6.45, 7) is 5.51. The first kappa shape index (κ1) is 19.1. The molecule has 0 radical (unpaired) electrons. The molecule has 1 saturated heterocycles. The molecular formula is C20H26FN5O. The van der Waals surface area contributed by atoms with Crippen LogP contribution >= 0.6 is 0 Å². The molecule has 0 aliphatic carbocycles. The van der Waals surface area contributed by atoms with Gasteiger partial charge in [0, 0.05) is 30.4 Å². The Balaban J connectivity index is 1.59. The van der Waals surface area contributed by atoms with Gasteiger partial charge in [-0.25, -0.2) is 14.4 Å². The molecule has 0 bridgehead atoms. The minimum absolute atomic E-state index is 0.333. The fraction of sp³-hybridized carbons (Fsp3) is 0.400. The Morgan fingerprint density at radius 3 is 3.11 bits per heavy atom. The number of nitrogens with two attached hydrogens (primary N) is 1. The first-order chi connectivity index (χ1) is 13.2. The molecule has 1 aliphatic rings. The fourth-order valence-electron chi connectivity index (χ4n) is 3.27. The van der Waals surface area contributed by atoms with E-state index in [2.05, 4.69) is 27.1 Å². The largest absolute Gasteiger partial charge is 0.439 e. The molecule has 1 aliphatic heterocycles. The molecule has 1 aromatic heterocycles. The van der Waals surface area contributed by atoms with Crippen molar-refractivity contribution >= 4 is 5.96 Å². The number of aromatic nitrogens is 1. The zero-order valence-corrected chi connectivity index (χ0v) is 15.6. The van der Waals surface area contributed by atoms with Gasteiger partial charge in [0.15, 0.2) is 5.96 Å². The third kappa shape index (κ3) is 5.40. The highest BCUT2D eigenvalue weighted by Gasteiger charge is 2.22. The number of likely N-dealkylation sites (tertiary alicyclic amines) is 1. The number of nitrogens with zero attached hydrogens (tertiary/aromatic N) is 3. The van der Waals surface area contributed by atoms with E-state index in [1.165, 1.54) is 25.0 Å². The number of aliphatic imine (C=N–C) groups is 1. The smallest absolute Gasteiger partial charge is 0.224 e. The van der Waals surface area contributed by atoms with Crippen LogP contribution in [-0.4, -0.2) is 41.5 Å². The number of pyridine rings is 1. The molecule has 1 atom stereocenters. The number of halogens is 1. The van der Waals surface area contributed by atoms with E-state index in [0.717, 1.165) is 25.2 Å². The Kier molecular flexibility index (Phi) is 6.59. The second-order valence-electron chi connectivity index (χ2n) is 6.53. The minimum Gasteiger partial charge on any atom is -0.439 e. The van der Waals surface area contributed by atoms with Crippen LogP contribution in [0.25, 0.3) is 0 Å². The van der Waals surface area contributed by atoms with Crippen LogP contribution in [0.4, 0.5) is 4.39 Å². The molecule has 7 heteroatoms. The SMILES string of the molecule is CCN1CCCC1CNC(N)=NCc1cccnc1Oc1cccc(F)c1. The lowest BCUT2D eigenvalue weighted by atomic mass is 10.2. The van der Waals surface area contributed by atoms with Gasteiger partial charge in [-0.15, -0.1) is 0 Å². The van der Waals surface area contributed by atoms with E-state index in [0.29, 0.717) is 30.2 Å². The van der Waals surface area contributed by atoms with Crippen molar-refractivity contribution in [1.82, 2.24) is 15.2 Å². The number of guanidine groups is 1. The molecule has 1 unspecified atom stereocenters. The van der Waals surface area contributed by atoms with Gasteiger partial charge in [0.25, 0.3) is 0 Å². The summed E-state index contributed by atoms with van der Waals surface area (Å²) < 4.78 is 19.0. The average molecular weight is 371 g/mol. The van der Waals surface area contributed by atoms with Crippen molar-refractivity contribution in [2.45, 2.75) is 32.4 Å². The van der Waals surface area contributed by atoms with Gasteiger partial charge < -0.3 is 15.8 Å². The minimum atomic E-state index is -0.357. The van der Waals surface area contributed by atoms with Gasteiger partial charge in [0.2, 0.25) is 5.88 Å². The van der Waals surface area contributed by atoms with Crippen molar-refractivity contribution in [2.75, 3.05) is 19.6 Å². The first-order valence-electron chi connectivity index (χ1n) is 9.31. The average Bonchev–Trinajstić information content (AvgIpc) is 3.13. The second-order valence-corrected chi connectivity index (χ2v) is 6.53. The standard InChI is InChI=1S/C20H26FN5O/c1-2-26-11-5-8-17(26)14-25-20(22)24-13-15-6-4-10-23-19(15)27-18-9-3-7-16(21)12-18/h3-4,6-7,9-10,12,17H,2,5,8,11,13-14H2,1H3,(H3,22,24,25). The lowest BCUT2D eigenvalue weighted by molar-refractivity contribution is 0.267. The maximum atomic E-state index is 13.3. The second kappa shape index (κ2) is 9.32. The van der Waals surface area contributed by atoms with Crippen LogP contribution in [0.5, 0.6) is 11.6 Å². The van der Waals surface area contributed by atoms with E-state index in [-0.39, 0.29) is 5.82 Å². The highest BCUT2D eigenvalue weighted by atomic mass is 19.1. The number of rotatable bonds is 7. The van der Waals surface area contributed by atoms with Crippen LogP contribution in [0.3, 0.4) is 0 Å². The molecule has 6 nitrogen and oxygen atoms in total. The van der Waals surface area contributed by atoms with Gasteiger partial charge in [-0.2, -0.15) is 0 Å². The van der Waals surface area contributed by atoms with E-state index in [1.54, 1.807) is 18.3 Å². The maximum Gasteiger partial charge on any atom is 0.224 e. The summed E-state index contributed by atoms with van der Waals surface area (Å²) in [7, 11) is 0. The number of ether oxygens (including phenoxy) is 1. The maximum absolute atomic E-state index is 13.3. The summed E-state index contributed by atoms with van der Waals surface area (Å²) in [6, 6.07) is 10.1. The summed E-state index contributed by atoms with van der Waals surface area (Å²) in [5, 5.41) is 3.21. The van der Waals surface area contributed by atoms with Gasteiger partial charge in [-0.05, 0) is 44.1 Å². The molecule has 1 aromatic carbocycles. The Bertz CT molecular complexity index is 782. The van der Waals surface area contributed by atoms with E-state index in [4.69, 9.17) is 10.5 Å². The van der Waals surface area contributed by atoms with Crippen molar-refractivity contribution in [2.24, 2.45) is 10.7 Å². The van der Waals surface area contributed by atoms with Crippen LogP contribution in [-0.2, 0) is 6.54 Å². The van der Waals surface area contributed by atoms with E-state index in [1.807, 2.05) is 12.1 Å². The number of hydrogen-bond donors (Lipinski definition) is 2. The molecule has 144 valence electrons. The van der Waals surface area contributed by atoms with E-state index < -0.39 is 0 Å². The molecule has 27 heavy (non-hydrogen) atoms. The molecule has 3 N–H and O–H groups in total. The van der Waals surface area contributed by atoms with Crippen LogP contribution in [0.15, 0.2) is 47.6 Å². The first-order valence-corrected chi connectivity index (χ1v) is 9.31. The third-order valence-corrected chi connectivity index (χ3v) is 4.70. The molecule has 2 aromatic rings. The Morgan fingerprint density at radius 1 is 1.41 bits per heavy atom. The van der Waals surface area contributed by atoms with Gasteiger partial charge in [-0.1, -0.05) is 19.1 Å². The van der Waals surface area contributed by atoms with Crippen molar-refractivity contribution in [3.05, 3.63) is 54.0 Å². The van der Waals surface area contributed by atoms with Crippen molar-refractivity contribution in [1.29, 1.82) is 0 Å². The number of nitrogens with one attached hydrogen (secondary N) is 1. The summed E-state index contributed by atoms with van der Waals surface area (Å²) >= 11 is 0. The predicted molar refractivity (Wildman–Crippen MR) is 104 cm³/mol. The number of likely N-dealkylation sites (N-methyl/N-ethyl adjacent to an activating group) is 1. The van der Waals surface area contributed by atoms with Crippen LogP contribution in [0, 0.1) is 5.82 Å². The molecule has 2 heterocycles. The van der Waals surface area contributed by atoms with Crippen LogP contribution < -0.4 is 15.8 Å². The summed E-state index contributed by atoms with van der Waals surface area (Å²) in [4.78, 5) is 11.1. The quantitative estimate of drug-likeness (QED) is 0.578. The third-order valence-electron chi connectivity index (χ3n) is 4.70. The van der Waals surface area contributed by atoms with Crippen molar-refractivity contribution < 1.29 is 9.13 Å². The van der Waals surface area contributed by atoms with Crippen LogP contribution in [0.1, 0.15) is 25.3 Å². The van der Waals surface area contributed by atoms with Crippen molar-refractivity contribution in [3.63, 3.8) is 0 Å². The Hall–Kier alpha value is -2.67. The highest BCUT2D eigenvalue weighted by Crippen LogP contribution is 2.24. The van der Waals surface area contributed by atoms with Gasteiger partial charge in [0.1, 0.15) is 11.6 Å². The van der Waals surface area contributed by atoms with Crippen molar-refractivity contribution in [3.8, 4) is 11.6 Å². The topological polar surface area (TPSA) is 75.8 Å². The zero-order valence-electron chi connectivity index (χ0n) is 15.6. The van der Waals surface area contributed by atoms with Crippen LogP contribution in [0.2, 0.25) is 0 Å². The molecule has 0 amide bonds. The van der Waals surface area contributed by atoms with E-state index >= 15 is 0 Å². The molecular weight excluding hydrogens is 345 g/mol. The zero-order chi connectivity index (χ0) is 19.1. The molecule has 0 saturated carbocycles. The summed E-state index contributed by atoms with van der Waals surface area (Å²) in [5.74, 6) is 0.835. The number of benzene rings is 1. The van der Waals surface area contributed by atoms with Gasteiger partial charge in [0.05, 0.1) is 6.54 Å². The molecule has 1 fully saturated rings. The van der Waals surface area contributed by atoms with E-state index in [9.17, 15) is 4.39 Å². The Morgan fingerprint density at radius 2 is 2.30 bits per heavy atom. The lowest BCUT2D eigenvalue weighted by Gasteiger charge is -2.23. The summed E-state index contributed by atoms with van der Waals surface area (Å²) in [5.41, 5.74) is 6.80.